The summed E-state index contributed by atoms with van der Waals surface area (Å²) < 4.78 is 10.8. The Morgan fingerprint density at radius 1 is 1.26 bits per heavy atom. The average Bonchev–Trinajstić information content (AvgIpc) is 2.43. The normalized spacial score (nSPS) is 9.95. The standard InChI is InChI=1S/C16H23NO2/c1-4-6-7-8-11-17-13-14-9-10-15(18-3)16(12-14)19-5-2/h1,9-10,12,17H,5-8,11,13H2,2-3H3. The number of unbranched alkanes of at least 4 members (excludes halogenated alkanes) is 2. The Balaban J connectivity index is 2.41. The first-order chi connectivity index (χ1) is 9.31. The maximum atomic E-state index is 5.55. The molecule has 1 rings (SSSR count). The van der Waals surface area contributed by atoms with E-state index in [1.807, 2.05) is 19.1 Å². The molecular formula is C16H23NO2. The van der Waals surface area contributed by atoms with Crippen molar-refractivity contribution in [1.82, 2.24) is 5.32 Å². The maximum Gasteiger partial charge on any atom is 0.161 e. The van der Waals surface area contributed by atoms with Crippen molar-refractivity contribution in [3.63, 3.8) is 0 Å². The zero-order chi connectivity index (χ0) is 13.9. The number of rotatable bonds is 9. The van der Waals surface area contributed by atoms with Crippen LogP contribution >= 0.6 is 0 Å². The van der Waals surface area contributed by atoms with Crippen LogP contribution in [0.2, 0.25) is 0 Å². The molecule has 0 fully saturated rings. The van der Waals surface area contributed by atoms with Crippen LogP contribution in [-0.2, 0) is 6.54 Å². The lowest BCUT2D eigenvalue weighted by Crippen LogP contribution is -2.14. The van der Waals surface area contributed by atoms with Gasteiger partial charge in [0.15, 0.2) is 11.5 Å². The summed E-state index contributed by atoms with van der Waals surface area (Å²) >= 11 is 0. The fourth-order valence-corrected chi connectivity index (χ4v) is 1.81. The fourth-order valence-electron chi connectivity index (χ4n) is 1.81. The van der Waals surface area contributed by atoms with Crippen LogP contribution in [0.1, 0.15) is 31.7 Å². The first-order valence-corrected chi connectivity index (χ1v) is 6.75. The van der Waals surface area contributed by atoms with E-state index in [1.54, 1.807) is 7.11 Å². The molecule has 0 aliphatic rings. The van der Waals surface area contributed by atoms with Crippen LogP contribution in [-0.4, -0.2) is 20.3 Å². The highest BCUT2D eigenvalue weighted by Crippen LogP contribution is 2.27. The number of nitrogens with one attached hydrogen (secondary N) is 1. The molecule has 0 aliphatic heterocycles. The Morgan fingerprint density at radius 2 is 2.11 bits per heavy atom. The van der Waals surface area contributed by atoms with Gasteiger partial charge in [0.25, 0.3) is 0 Å². The Kier molecular flexibility index (Phi) is 7.53. The van der Waals surface area contributed by atoms with E-state index >= 15 is 0 Å². The van der Waals surface area contributed by atoms with Gasteiger partial charge in [0.05, 0.1) is 13.7 Å². The van der Waals surface area contributed by atoms with Crippen molar-refractivity contribution < 1.29 is 9.47 Å². The molecule has 1 N–H and O–H groups in total. The highest BCUT2D eigenvalue weighted by Gasteiger charge is 2.04. The predicted octanol–water partition coefficient (Wildman–Crippen LogP) is 2.99. The predicted molar refractivity (Wildman–Crippen MR) is 78.6 cm³/mol. The first kappa shape index (κ1) is 15.4. The van der Waals surface area contributed by atoms with E-state index in [-0.39, 0.29) is 0 Å². The molecule has 104 valence electrons. The van der Waals surface area contributed by atoms with Gasteiger partial charge in [-0.25, -0.2) is 0 Å². The van der Waals surface area contributed by atoms with Crippen LogP contribution in [0.25, 0.3) is 0 Å². The highest BCUT2D eigenvalue weighted by atomic mass is 16.5. The molecule has 0 spiro atoms. The minimum atomic E-state index is 0.638. The van der Waals surface area contributed by atoms with E-state index in [0.717, 1.165) is 43.9 Å². The largest absolute Gasteiger partial charge is 0.493 e. The summed E-state index contributed by atoms with van der Waals surface area (Å²) in [6, 6.07) is 6.02. The van der Waals surface area contributed by atoms with Crippen LogP contribution < -0.4 is 14.8 Å². The van der Waals surface area contributed by atoms with Gasteiger partial charge < -0.3 is 14.8 Å². The second-order valence-electron chi connectivity index (χ2n) is 4.26. The fraction of sp³-hybridized carbons (Fsp3) is 0.500. The molecule has 0 amide bonds. The summed E-state index contributed by atoms with van der Waals surface area (Å²) in [5, 5.41) is 3.40. The molecule has 3 heteroatoms. The summed E-state index contributed by atoms with van der Waals surface area (Å²) in [6.45, 7) is 4.42. The molecule has 19 heavy (non-hydrogen) atoms. The van der Waals surface area contributed by atoms with Crippen molar-refractivity contribution in [2.45, 2.75) is 32.7 Å². The van der Waals surface area contributed by atoms with Crippen molar-refractivity contribution in [2.24, 2.45) is 0 Å². The van der Waals surface area contributed by atoms with Crippen LogP contribution in [0.15, 0.2) is 18.2 Å². The second kappa shape index (κ2) is 9.29. The van der Waals surface area contributed by atoms with Crippen molar-refractivity contribution in [2.75, 3.05) is 20.3 Å². The van der Waals surface area contributed by atoms with E-state index in [1.165, 1.54) is 5.56 Å². The molecule has 0 saturated carbocycles. The van der Waals surface area contributed by atoms with Crippen molar-refractivity contribution in [3.8, 4) is 23.8 Å². The topological polar surface area (TPSA) is 30.5 Å². The number of ether oxygens (including phenoxy) is 2. The quantitative estimate of drug-likeness (QED) is 0.547. The van der Waals surface area contributed by atoms with E-state index in [2.05, 4.69) is 17.3 Å². The molecule has 0 unspecified atom stereocenters. The van der Waals surface area contributed by atoms with Crippen LogP contribution in [0.3, 0.4) is 0 Å². The molecule has 0 atom stereocenters. The van der Waals surface area contributed by atoms with E-state index in [0.29, 0.717) is 6.61 Å². The number of hydrogen-bond acceptors (Lipinski definition) is 3. The number of terminal acetylenes is 1. The summed E-state index contributed by atoms with van der Waals surface area (Å²) in [7, 11) is 1.65. The second-order valence-corrected chi connectivity index (χ2v) is 4.26. The lowest BCUT2D eigenvalue weighted by Gasteiger charge is -2.11. The van der Waals surface area contributed by atoms with Gasteiger partial charge in [-0.2, -0.15) is 0 Å². The summed E-state index contributed by atoms with van der Waals surface area (Å²) in [5.41, 5.74) is 1.20. The van der Waals surface area contributed by atoms with Crippen molar-refractivity contribution >= 4 is 0 Å². The van der Waals surface area contributed by atoms with E-state index < -0.39 is 0 Å². The molecule has 1 aromatic carbocycles. The van der Waals surface area contributed by atoms with Gasteiger partial charge >= 0.3 is 0 Å². The summed E-state index contributed by atoms with van der Waals surface area (Å²) in [6.07, 6.45) is 8.26. The zero-order valence-corrected chi connectivity index (χ0v) is 11.9. The minimum Gasteiger partial charge on any atom is -0.493 e. The summed E-state index contributed by atoms with van der Waals surface area (Å²) in [5.74, 6) is 4.23. The molecule has 3 nitrogen and oxygen atoms in total. The Labute approximate surface area is 116 Å². The van der Waals surface area contributed by atoms with Gasteiger partial charge in [0, 0.05) is 13.0 Å². The Hall–Kier alpha value is -1.66. The minimum absolute atomic E-state index is 0.638. The van der Waals surface area contributed by atoms with E-state index in [4.69, 9.17) is 15.9 Å². The Bertz CT molecular complexity index is 410. The lowest BCUT2D eigenvalue weighted by atomic mass is 10.2. The van der Waals surface area contributed by atoms with Crippen LogP contribution in [0.4, 0.5) is 0 Å². The lowest BCUT2D eigenvalue weighted by molar-refractivity contribution is 0.310. The SMILES string of the molecule is C#CCCCCNCc1ccc(OC)c(OCC)c1. The van der Waals surface area contributed by atoms with Gasteiger partial charge in [0.1, 0.15) is 0 Å². The third-order valence-electron chi connectivity index (χ3n) is 2.78. The number of methoxy groups -OCH3 is 1. The molecule has 1 aromatic rings. The molecule has 0 aliphatic carbocycles. The van der Waals surface area contributed by atoms with Gasteiger partial charge in [0.2, 0.25) is 0 Å². The number of hydrogen-bond donors (Lipinski definition) is 1. The van der Waals surface area contributed by atoms with Gasteiger partial charge in [-0.15, -0.1) is 12.3 Å². The Morgan fingerprint density at radius 3 is 2.79 bits per heavy atom. The van der Waals surface area contributed by atoms with E-state index in [9.17, 15) is 0 Å². The molecule has 0 bridgehead atoms. The molecule has 0 aromatic heterocycles. The first-order valence-electron chi connectivity index (χ1n) is 6.75. The molecule has 0 radical (unpaired) electrons. The van der Waals surface area contributed by atoms with Crippen molar-refractivity contribution in [1.29, 1.82) is 0 Å². The van der Waals surface area contributed by atoms with Crippen LogP contribution in [0.5, 0.6) is 11.5 Å². The number of benzene rings is 1. The van der Waals surface area contributed by atoms with Crippen LogP contribution in [0, 0.1) is 12.3 Å². The highest BCUT2D eigenvalue weighted by molar-refractivity contribution is 5.42. The third-order valence-corrected chi connectivity index (χ3v) is 2.78. The van der Waals surface area contributed by atoms with Crippen molar-refractivity contribution in [3.05, 3.63) is 23.8 Å². The monoisotopic (exact) mass is 261 g/mol. The molecule has 0 saturated heterocycles. The third kappa shape index (κ3) is 5.67. The maximum absolute atomic E-state index is 5.55. The molecule has 0 heterocycles. The van der Waals surface area contributed by atoms with Gasteiger partial charge in [-0.05, 0) is 44.0 Å². The molecular weight excluding hydrogens is 238 g/mol. The smallest absolute Gasteiger partial charge is 0.161 e. The zero-order valence-electron chi connectivity index (χ0n) is 11.9. The summed E-state index contributed by atoms with van der Waals surface area (Å²) in [4.78, 5) is 0. The van der Waals surface area contributed by atoms with Gasteiger partial charge in [-0.1, -0.05) is 6.07 Å². The average molecular weight is 261 g/mol. The van der Waals surface area contributed by atoms with Gasteiger partial charge in [-0.3, -0.25) is 0 Å².